The molecular weight excluding hydrogens is 396 g/mol. The Bertz CT molecular complexity index is 669. The number of hydrogen-bond acceptors (Lipinski definition) is 3. The lowest BCUT2D eigenvalue weighted by Crippen LogP contribution is -2.24. The Kier molecular flexibility index (Phi) is 11.4. The monoisotopic (exact) mass is 440 g/mol. The van der Waals surface area contributed by atoms with Crippen LogP contribution < -0.4 is 0 Å². The first-order valence-electron chi connectivity index (χ1n) is 12.4. The van der Waals surface area contributed by atoms with Crippen molar-refractivity contribution < 1.29 is 15.3 Å². The molecule has 2 aromatic rings. The van der Waals surface area contributed by atoms with Gasteiger partial charge in [0, 0.05) is 13.2 Å². The van der Waals surface area contributed by atoms with Crippen LogP contribution in [0.2, 0.25) is 0 Å². The van der Waals surface area contributed by atoms with E-state index in [-0.39, 0.29) is 30.1 Å². The van der Waals surface area contributed by atoms with Crippen LogP contribution in [-0.4, -0.2) is 34.6 Å². The van der Waals surface area contributed by atoms with Gasteiger partial charge in [-0.2, -0.15) is 0 Å². The first-order valence-corrected chi connectivity index (χ1v) is 12.4. The molecule has 3 N–H and O–H groups in total. The summed E-state index contributed by atoms with van der Waals surface area (Å²) >= 11 is 0. The second-order valence-corrected chi connectivity index (χ2v) is 9.95. The molecule has 0 radical (unpaired) electrons. The summed E-state index contributed by atoms with van der Waals surface area (Å²) in [5, 5.41) is 29.5. The molecule has 2 aromatic carbocycles. The van der Waals surface area contributed by atoms with E-state index in [1.807, 2.05) is 12.1 Å². The van der Waals surface area contributed by atoms with E-state index in [1.165, 1.54) is 11.1 Å². The van der Waals surface area contributed by atoms with E-state index >= 15 is 0 Å². The topological polar surface area (TPSA) is 60.7 Å². The smallest absolute Gasteiger partial charge is 0.0540 e. The van der Waals surface area contributed by atoms with Crippen LogP contribution in [0.3, 0.4) is 0 Å². The maximum atomic E-state index is 10.5. The molecule has 2 unspecified atom stereocenters. The van der Waals surface area contributed by atoms with Crippen molar-refractivity contribution in [2.45, 2.75) is 95.0 Å². The fourth-order valence-electron chi connectivity index (χ4n) is 4.94. The van der Waals surface area contributed by atoms with Gasteiger partial charge >= 0.3 is 0 Å². The quantitative estimate of drug-likeness (QED) is 0.274. The lowest BCUT2D eigenvalue weighted by molar-refractivity contribution is 0.144. The second-order valence-electron chi connectivity index (χ2n) is 9.95. The van der Waals surface area contributed by atoms with Crippen molar-refractivity contribution in [2.24, 2.45) is 0 Å². The predicted molar refractivity (Wildman–Crippen MR) is 134 cm³/mol. The van der Waals surface area contributed by atoms with E-state index in [9.17, 15) is 15.3 Å². The highest BCUT2D eigenvalue weighted by Gasteiger charge is 2.26. The van der Waals surface area contributed by atoms with Crippen molar-refractivity contribution in [1.82, 2.24) is 0 Å². The standard InChI is InChI=1S/C29H44O3/c1-28(21-23-30,25-13-5-3-6-14-25)19-11-9-17-27(32)18-10-12-20-29(2,22-24-31)26-15-7-4-8-16-26/h3-8,13-16,27,30-32H,9-12,17-24H2,1-2H3. The zero-order valence-electron chi connectivity index (χ0n) is 20.2. The number of unbranched alkanes of at least 4 members (excludes halogenated alkanes) is 2. The van der Waals surface area contributed by atoms with E-state index in [0.29, 0.717) is 0 Å². The Labute approximate surface area is 195 Å². The SMILES string of the molecule is CC(CCO)(CCCCC(O)CCCCC(C)(CCO)c1ccccc1)c1ccccc1. The molecule has 0 spiro atoms. The lowest BCUT2D eigenvalue weighted by Gasteiger charge is -2.30. The van der Waals surface area contributed by atoms with Crippen LogP contribution in [0.25, 0.3) is 0 Å². The van der Waals surface area contributed by atoms with Gasteiger partial charge in [0.25, 0.3) is 0 Å². The van der Waals surface area contributed by atoms with Gasteiger partial charge in [-0.05, 0) is 60.5 Å². The molecule has 0 aliphatic rings. The zero-order valence-corrected chi connectivity index (χ0v) is 20.2. The van der Waals surface area contributed by atoms with E-state index < -0.39 is 0 Å². The molecule has 0 heterocycles. The average Bonchev–Trinajstić information content (AvgIpc) is 2.81. The predicted octanol–water partition coefficient (Wildman–Crippen LogP) is 6.15. The first kappa shape index (κ1) is 26.6. The van der Waals surface area contributed by atoms with Crippen molar-refractivity contribution in [3.05, 3.63) is 71.8 Å². The van der Waals surface area contributed by atoms with Crippen LogP contribution in [0.4, 0.5) is 0 Å². The van der Waals surface area contributed by atoms with Gasteiger partial charge in [-0.25, -0.2) is 0 Å². The third-order valence-corrected chi connectivity index (χ3v) is 7.30. The Morgan fingerprint density at radius 3 is 1.31 bits per heavy atom. The summed E-state index contributed by atoms with van der Waals surface area (Å²) in [7, 11) is 0. The minimum atomic E-state index is -0.239. The summed E-state index contributed by atoms with van der Waals surface area (Å²) in [6.07, 6.45) is 9.20. The van der Waals surface area contributed by atoms with Gasteiger partial charge in [0.05, 0.1) is 6.10 Å². The molecule has 0 aliphatic carbocycles. The number of hydrogen-bond donors (Lipinski definition) is 3. The molecule has 0 saturated heterocycles. The summed E-state index contributed by atoms with van der Waals surface area (Å²) in [4.78, 5) is 0. The van der Waals surface area contributed by atoms with E-state index in [4.69, 9.17) is 0 Å². The van der Waals surface area contributed by atoms with Crippen molar-refractivity contribution >= 4 is 0 Å². The summed E-state index contributed by atoms with van der Waals surface area (Å²) in [6, 6.07) is 21.0. The summed E-state index contributed by atoms with van der Waals surface area (Å²) in [6.45, 7) is 4.88. The average molecular weight is 441 g/mol. The molecule has 0 amide bonds. The van der Waals surface area contributed by atoms with Gasteiger partial charge in [-0.15, -0.1) is 0 Å². The normalized spacial score (nSPS) is 16.3. The van der Waals surface area contributed by atoms with Crippen molar-refractivity contribution in [3.63, 3.8) is 0 Å². The van der Waals surface area contributed by atoms with E-state index in [1.54, 1.807) is 0 Å². The van der Waals surface area contributed by atoms with Crippen LogP contribution in [0, 0.1) is 0 Å². The highest BCUT2D eigenvalue weighted by Crippen LogP contribution is 2.34. The molecule has 178 valence electrons. The summed E-state index contributed by atoms with van der Waals surface area (Å²) < 4.78 is 0. The molecule has 0 aromatic heterocycles. The molecule has 2 atom stereocenters. The number of aliphatic hydroxyl groups is 3. The van der Waals surface area contributed by atoms with Crippen LogP contribution in [0.15, 0.2) is 60.7 Å². The molecule has 0 aliphatic heterocycles. The molecule has 0 bridgehead atoms. The minimum absolute atomic E-state index is 0.00440. The maximum Gasteiger partial charge on any atom is 0.0540 e. The van der Waals surface area contributed by atoms with E-state index in [0.717, 1.165) is 64.2 Å². The Hall–Kier alpha value is -1.68. The van der Waals surface area contributed by atoms with E-state index in [2.05, 4.69) is 62.4 Å². The molecule has 3 nitrogen and oxygen atoms in total. The maximum absolute atomic E-state index is 10.5. The third kappa shape index (κ3) is 8.35. The highest BCUT2D eigenvalue weighted by molar-refractivity contribution is 5.25. The number of rotatable bonds is 16. The Balaban J connectivity index is 1.70. The molecule has 3 heteroatoms. The van der Waals surface area contributed by atoms with Gasteiger partial charge in [0.15, 0.2) is 0 Å². The van der Waals surface area contributed by atoms with Gasteiger partial charge < -0.3 is 15.3 Å². The van der Waals surface area contributed by atoms with Gasteiger partial charge in [0.2, 0.25) is 0 Å². The number of aliphatic hydroxyl groups excluding tert-OH is 3. The summed E-state index contributed by atoms with van der Waals surface area (Å²) in [5.41, 5.74) is 2.57. The van der Waals surface area contributed by atoms with Crippen LogP contribution >= 0.6 is 0 Å². The van der Waals surface area contributed by atoms with Crippen LogP contribution in [-0.2, 0) is 10.8 Å². The molecule has 32 heavy (non-hydrogen) atoms. The fourth-order valence-corrected chi connectivity index (χ4v) is 4.94. The van der Waals surface area contributed by atoms with Crippen LogP contribution in [0.1, 0.15) is 89.2 Å². The second kappa shape index (κ2) is 13.8. The number of benzene rings is 2. The molecule has 0 saturated carbocycles. The largest absolute Gasteiger partial charge is 0.396 e. The lowest BCUT2D eigenvalue weighted by atomic mass is 9.75. The summed E-state index contributed by atoms with van der Waals surface area (Å²) in [5.74, 6) is 0. The third-order valence-electron chi connectivity index (χ3n) is 7.30. The molecular formula is C29H44O3. The highest BCUT2D eigenvalue weighted by atomic mass is 16.3. The Morgan fingerprint density at radius 1 is 0.594 bits per heavy atom. The van der Waals surface area contributed by atoms with Crippen molar-refractivity contribution in [3.8, 4) is 0 Å². The Morgan fingerprint density at radius 2 is 0.969 bits per heavy atom. The van der Waals surface area contributed by atoms with Gasteiger partial charge in [-0.3, -0.25) is 0 Å². The fraction of sp³-hybridized carbons (Fsp3) is 0.586. The minimum Gasteiger partial charge on any atom is -0.396 e. The zero-order chi connectivity index (χ0) is 23.3. The van der Waals surface area contributed by atoms with Crippen molar-refractivity contribution in [1.29, 1.82) is 0 Å². The van der Waals surface area contributed by atoms with Gasteiger partial charge in [0.1, 0.15) is 0 Å². The van der Waals surface area contributed by atoms with Gasteiger partial charge in [-0.1, -0.05) is 100 Å². The first-order chi connectivity index (χ1) is 15.4. The van der Waals surface area contributed by atoms with Crippen molar-refractivity contribution in [2.75, 3.05) is 13.2 Å². The molecule has 0 fully saturated rings. The van der Waals surface area contributed by atoms with Crippen LogP contribution in [0.5, 0.6) is 0 Å². The molecule has 2 rings (SSSR count).